The zero-order valence-electron chi connectivity index (χ0n) is 16.8. The lowest BCUT2D eigenvalue weighted by Crippen LogP contribution is -2.54. The number of urea groups is 1. The summed E-state index contributed by atoms with van der Waals surface area (Å²) in [6.45, 7) is 3.84. The van der Waals surface area contributed by atoms with Gasteiger partial charge in [-0.05, 0) is 43.7 Å². The molecule has 0 spiro atoms. The highest BCUT2D eigenvalue weighted by molar-refractivity contribution is 6.39. The predicted molar refractivity (Wildman–Crippen MR) is 109 cm³/mol. The van der Waals surface area contributed by atoms with Gasteiger partial charge >= 0.3 is 6.03 Å². The summed E-state index contributed by atoms with van der Waals surface area (Å²) in [7, 11) is 1.48. The number of rotatable bonds is 6. The number of nitrogens with one attached hydrogen (secondary N) is 1. The Bertz CT molecular complexity index is 1030. The minimum absolute atomic E-state index is 0.0117. The van der Waals surface area contributed by atoms with E-state index in [9.17, 15) is 18.8 Å². The van der Waals surface area contributed by atoms with E-state index in [1.807, 2.05) is 13.8 Å². The number of carbonyl (C=O) groups excluding carboxylic acids is 3. The number of hydrogen-bond acceptors (Lipinski definition) is 5. The molecule has 156 valence electrons. The number of amides is 4. The molecule has 1 fully saturated rings. The van der Waals surface area contributed by atoms with Crippen molar-refractivity contribution >= 4 is 29.6 Å². The van der Waals surface area contributed by atoms with E-state index in [-0.39, 0.29) is 17.4 Å². The molecule has 0 radical (unpaired) electrons. The number of benzene rings is 2. The van der Waals surface area contributed by atoms with Crippen molar-refractivity contribution in [1.29, 1.82) is 0 Å². The average molecular weight is 412 g/mol. The van der Waals surface area contributed by atoms with Crippen molar-refractivity contribution in [3.63, 3.8) is 0 Å². The predicted octanol–water partition coefficient (Wildman–Crippen LogP) is 3.68. The zero-order chi connectivity index (χ0) is 21.8. The summed E-state index contributed by atoms with van der Waals surface area (Å²) in [5.74, 6) is -1.53. The highest BCUT2D eigenvalue weighted by Crippen LogP contribution is 2.34. The molecule has 7 nitrogen and oxygen atoms in total. The third kappa shape index (κ3) is 4.17. The third-order valence-corrected chi connectivity index (χ3v) is 4.59. The molecular weight excluding hydrogens is 391 g/mol. The number of barbiturate groups is 1. The molecule has 1 N–H and O–H groups in total. The van der Waals surface area contributed by atoms with Gasteiger partial charge in [-0.1, -0.05) is 25.1 Å². The van der Waals surface area contributed by atoms with Crippen molar-refractivity contribution in [2.45, 2.75) is 26.4 Å². The van der Waals surface area contributed by atoms with Crippen LogP contribution in [-0.4, -0.2) is 31.1 Å². The molecule has 2 aromatic rings. The molecule has 0 unspecified atom stereocenters. The maximum Gasteiger partial charge on any atom is 0.335 e. The normalized spacial score (nSPS) is 16.5. The molecule has 1 aliphatic heterocycles. The van der Waals surface area contributed by atoms with Crippen LogP contribution in [0.5, 0.6) is 11.5 Å². The zero-order valence-corrected chi connectivity index (χ0v) is 16.8. The molecule has 1 saturated heterocycles. The van der Waals surface area contributed by atoms with Crippen LogP contribution in [0.2, 0.25) is 0 Å². The van der Waals surface area contributed by atoms with Crippen LogP contribution in [0.15, 0.2) is 48.0 Å². The van der Waals surface area contributed by atoms with Crippen molar-refractivity contribution in [3.05, 3.63) is 59.4 Å². The standard InChI is InChI=1S/C22H21FN2O5/c1-4-13(2)30-19-14(7-5-10-18(19)29-3)11-17-20(26)24-22(28)25(21(17)27)16-9-6-8-15(23)12-16/h5-13H,4H2,1-3H3,(H,24,26,28)/b17-11+/t13-/m1/s1. The van der Waals surface area contributed by atoms with E-state index in [1.54, 1.807) is 18.2 Å². The monoisotopic (exact) mass is 412 g/mol. The fourth-order valence-electron chi connectivity index (χ4n) is 2.88. The number of anilines is 1. The van der Waals surface area contributed by atoms with Gasteiger partial charge in [0.15, 0.2) is 11.5 Å². The largest absolute Gasteiger partial charge is 0.493 e. The topological polar surface area (TPSA) is 84.9 Å². The Kier molecular flexibility index (Phi) is 6.15. The van der Waals surface area contributed by atoms with Gasteiger partial charge in [-0.15, -0.1) is 0 Å². The molecule has 0 aromatic heterocycles. The highest BCUT2D eigenvalue weighted by atomic mass is 19.1. The summed E-state index contributed by atoms with van der Waals surface area (Å²) >= 11 is 0. The lowest BCUT2D eigenvalue weighted by atomic mass is 10.1. The number of ether oxygens (including phenoxy) is 2. The second-order valence-corrected chi connectivity index (χ2v) is 6.65. The Hall–Kier alpha value is -3.68. The summed E-state index contributed by atoms with van der Waals surface area (Å²) in [6.07, 6.45) is 1.92. The summed E-state index contributed by atoms with van der Waals surface area (Å²) in [5.41, 5.74) is 0.153. The van der Waals surface area contributed by atoms with E-state index in [0.29, 0.717) is 22.0 Å². The molecule has 8 heteroatoms. The minimum atomic E-state index is -0.950. The van der Waals surface area contributed by atoms with Crippen molar-refractivity contribution in [3.8, 4) is 11.5 Å². The number of hydrogen-bond donors (Lipinski definition) is 1. The first-order chi connectivity index (χ1) is 14.3. The van der Waals surface area contributed by atoms with Crippen LogP contribution in [-0.2, 0) is 9.59 Å². The van der Waals surface area contributed by atoms with Gasteiger partial charge in [-0.2, -0.15) is 0 Å². The smallest absolute Gasteiger partial charge is 0.335 e. The first kappa shape index (κ1) is 21.0. The van der Waals surface area contributed by atoms with Gasteiger partial charge in [0.2, 0.25) is 0 Å². The maximum absolute atomic E-state index is 13.6. The van der Waals surface area contributed by atoms with Crippen LogP contribution >= 0.6 is 0 Å². The van der Waals surface area contributed by atoms with E-state index >= 15 is 0 Å². The van der Waals surface area contributed by atoms with Crippen molar-refractivity contribution < 1.29 is 28.2 Å². The fraction of sp³-hybridized carbons (Fsp3) is 0.227. The summed E-state index contributed by atoms with van der Waals surface area (Å²) in [5, 5.41) is 2.11. The SMILES string of the molecule is CC[C@@H](C)Oc1c(/C=C2\C(=O)NC(=O)N(c3cccc(F)c3)C2=O)cccc1OC. The van der Waals surface area contributed by atoms with E-state index in [0.717, 1.165) is 12.5 Å². The average Bonchev–Trinajstić information content (AvgIpc) is 2.71. The van der Waals surface area contributed by atoms with Gasteiger partial charge in [-0.3, -0.25) is 14.9 Å². The maximum atomic E-state index is 13.6. The summed E-state index contributed by atoms with van der Waals surface area (Å²) in [6, 6.07) is 9.09. The molecule has 2 aromatic carbocycles. The van der Waals surface area contributed by atoms with Crippen LogP contribution in [0, 0.1) is 5.82 Å². The second-order valence-electron chi connectivity index (χ2n) is 6.65. The summed E-state index contributed by atoms with van der Waals surface area (Å²) < 4.78 is 24.9. The van der Waals surface area contributed by atoms with Crippen LogP contribution < -0.4 is 19.7 Å². The molecule has 1 heterocycles. The van der Waals surface area contributed by atoms with Crippen LogP contribution in [0.3, 0.4) is 0 Å². The Morgan fingerprint density at radius 2 is 1.90 bits per heavy atom. The van der Waals surface area contributed by atoms with E-state index in [4.69, 9.17) is 9.47 Å². The minimum Gasteiger partial charge on any atom is -0.493 e. The summed E-state index contributed by atoms with van der Waals surface area (Å²) in [4.78, 5) is 38.4. The van der Waals surface area contributed by atoms with Gasteiger partial charge in [0, 0.05) is 5.56 Å². The second kappa shape index (κ2) is 8.77. The Balaban J connectivity index is 2.07. The number of halogens is 1. The lowest BCUT2D eigenvalue weighted by molar-refractivity contribution is -0.122. The van der Waals surface area contributed by atoms with Gasteiger partial charge in [0.05, 0.1) is 18.9 Å². The number of para-hydroxylation sites is 1. The van der Waals surface area contributed by atoms with Gasteiger partial charge in [0.25, 0.3) is 11.8 Å². The van der Waals surface area contributed by atoms with Gasteiger partial charge in [-0.25, -0.2) is 14.1 Å². The number of methoxy groups -OCH3 is 1. The molecule has 30 heavy (non-hydrogen) atoms. The molecule has 0 aliphatic carbocycles. The van der Waals surface area contributed by atoms with Crippen LogP contribution in [0.4, 0.5) is 14.9 Å². The number of nitrogens with zero attached hydrogens (tertiary/aromatic N) is 1. The van der Waals surface area contributed by atoms with E-state index in [2.05, 4.69) is 5.32 Å². The lowest BCUT2D eigenvalue weighted by Gasteiger charge is -2.26. The Morgan fingerprint density at radius 3 is 2.57 bits per heavy atom. The molecule has 3 rings (SSSR count). The molecule has 0 saturated carbocycles. The first-order valence-corrected chi connectivity index (χ1v) is 9.36. The number of carbonyl (C=O) groups is 3. The Morgan fingerprint density at radius 1 is 1.17 bits per heavy atom. The first-order valence-electron chi connectivity index (χ1n) is 9.36. The van der Waals surface area contributed by atoms with E-state index in [1.165, 1.54) is 31.4 Å². The molecule has 1 atom stereocenters. The van der Waals surface area contributed by atoms with Crippen molar-refractivity contribution in [2.75, 3.05) is 12.0 Å². The van der Waals surface area contributed by atoms with Crippen LogP contribution in [0.1, 0.15) is 25.8 Å². The third-order valence-electron chi connectivity index (χ3n) is 4.59. The Labute approximate surface area is 173 Å². The van der Waals surface area contributed by atoms with E-state index < -0.39 is 23.7 Å². The fourth-order valence-corrected chi connectivity index (χ4v) is 2.88. The molecule has 4 amide bonds. The molecule has 0 bridgehead atoms. The van der Waals surface area contributed by atoms with Crippen molar-refractivity contribution in [1.82, 2.24) is 5.32 Å². The highest BCUT2D eigenvalue weighted by Gasteiger charge is 2.37. The van der Waals surface area contributed by atoms with Crippen LogP contribution in [0.25, 0.3) is 6.08 Å². The van der Waals surface area contributed by atoms with Crippen molar-refractivity contribution in [2.24, 2.45) is 0 Å². The number of imide groups is 2. The molecule has 1 aliphatic rings. The molecular formula is C22H21FN2O5. The quantitative estimate of drug-likeness (QED) is 0.578. The van der Waals surface area contributed by atoms with Gasteiger partial charge in [0.1, 0.15) is 11.4 Å². The van der Waals surface area contributed by atoms with Gasteiger partial charge < -0.3 is 9.47 Å².